The fraction of sp³-hybridized carbons (Fsp3) is 0.545. The highest BCUT2D eigenvalue weighted by Crippen LogP contribution is 2.18. The van der Waals surface area contributed by atoms with Gasteiger partial charge < -0.3 is 21.5 Å². The highest BCUT2D eigenvalue weighted by molar-refractivity contribution is 5.74. The van der Waals surface area contributed by atoms with Crippen LogP contribution in [0.5, 0.6) is 0 Å². The third kappa shape index (κ3) is 4.54. The van der Waals surface area contributed by atoms with Gasteiger partial charge in [0.05, 0.1) is 6.61 Å². The molecule has 0 saturated carbocycles. The van der Waals surface area contributed by atoms with E-state index in [-0.39, 0.29) is 6.61 Å². The van der Waals surface area contributed by atoms with E-state index in [9.17, 15) is 4.79 Å². The van der Waals surface area contributed by atoms with Crippen LogP contribution in [0.1, 0.15) is 18.9 Å². The number of hydrogen-bond donors (Lipinski definition) is 3. The fourth-order valence-electron chi connectivity index (χ4n) is 1.49. The number of anilines is 2. The third-order valence-electron chi connectivity index (χ3n) is 2.26. The van der Waals surface area contributed by atoms with Gasteiger partial charge in [-0.2, -0.15) is 0 Å². The summed E-state index contributed by atoms with van der Waals surface area (Å²) in [6.45, 7) is 2.89. The lowest BCUT2D eigenvalue weighted by molar-refractivity contribution is -0.122. The number of ether oxygens (including phenoxy) is 1. The largest absolute Gasteiger partial charge is 0.383 e. The van der Waals surface area contributed by atoms with Crippen molar-refractivity contribution < 1.29 is 9.53 Å². The summed E-state index contributed by atoms with van der Waals surface area (Å²) >= 11 is 0. The van der Waals surface area contributed by atoms with Gasteiger partial charge in [-0.15, -0.1) is 0 Å². The number of hydrogen-bond acceptors (Lipinski definition) is 6. The smallest absolute Gasteiger partial charge is 0.243 e. The summed E-state index contributed by atoms with van der Waals surface area (Å²) in [5.41, 5.74) is 11.7. The Morgan fingerprint density at radius 2 is 2.28 bits per heavy atom. The Labute approximate surface area is 106 Å². The molecule has 1 amide bonds. The maximum Gasteiger partial charge on any atom is 0.243 e. The van der Waals surface area contributed by atoms with Gasteiger partial charge in [0.1, 0.15) is 24.6 Å². The van der Waals surface area contributed by atoms with Crippen molar-refractivity contribution in [1.29, 1.82) is 0 Å². The van der Waals surface area contributed by atoms with Gasteiger partial charge in [-0.1, -0.05) is 13.3 Å². The second-order valence-electron chi connectivity index (χ2n) is 3.78. The molecular formula is C11H19N5O2. The van der Waals surface area contributed by atoms with Crippen molar-refractivity contribution in [2.75, 3.05) is 30.8 Å². The van der Waals surface area contributed by atoms with Crippen LogP contribution in [0.3, 0.4) is 0 Å². The van der Waals surface area contributed by atoms with Gasteiger partial charge in [0, 0.05) is 12.1 Å². The molecule has 7 nitrogen and oxygen atoms in total. The number of carbonyl (C=O) groups is 1. The number of carbonyl (C=O) groups excluding carboxylic acids is 1. The van der Waals surface area contributed by atoms with Gasteiger partial charge in [-0.05, 0) is 6.42 Å². The predicted molar refractivity (Wildman–Crippen MR) is 68.9 cm³/mol. The van der Waals surface area contributed by atoms with Crippen molar-refractivity contribution in [3.8, 4) is 0 Å². The fourth-order valence-corrected chi connectivity index (χ4v) is 1.49. The molecule has 1 rings (SSSR count). The summed E-state index contributed by atoms with van der Waals surface area (Å²) in [5, 5.41) is 3.10. The SMILES string of the molecule is CCCc1c(N)ncnc1NCCOCC(N)=O. The van der Waals surface area contributed by atoms with Crippen LogP contribution < -0.4 is 16.8 Å². The van der Waals surface area contributed by atoms with Crippen molar-refractivity contribution in [2.24, 2.45) is 5.73 Å². The van der Waals surface area contributed by atoms with E-state index < -0.39 is 5.91 Å². The van der Waals surface area contributed by atoms with Gasteiger partial charge in [-0.3, -0.25) is 4.79 Å². The molecule has 0 fully saturated rings. The van der Waals surface area contributed by atoms with E-state index in [1.54, 1.807) is 0 Å². The Hall–Kier alpha value is -1.89. The predicted octanol–water partition coefficient (Wildman–Crippen LogP) is -0.0749. The lowest BCUT2D eigenvalue weighted by Gasteiger charge is -2.11. The number of primary amides is 1. The molecule has 1 heterocycles. The molecule has 7 heteroatoms. The molecule has 5 N–H and O–H groups in total. The van der Waals surface area contributed by atoms with Crippen LogP contribution in [0.4, 0.5) is 11.6 Å². The molecule has 0 radical (unpaired) electrons. The van der Waals surface area contributed by atoms with Crippen molar-refractivity contribution >= 4 is 17.5 Å². The van der Waals surface area contributed by atoms with Gasteiger partial charge >= 0.3 is 0 Å². The van der Waals surface area contributed by atoms with Gasteiger partial charge in [-0.25, -0.2) is 9.97 Å². The van der Waals surface area contributed by atoms with Gasteiger partial charge in [0.2, 0.25) is 5.91 Å². The van der Waals surface area contributed by atoms with E-state index in [0.29, 0.717) is 24.8 Å². The molecule has 0 aromatic carbocycles. The highest BCUT2D eigenvalue weighted by Gasteiger charge is 2.07. The minimum atomic E-state index is -0.479. The Kier molecular flexibility index (Phi) is 5.86. The van der Waals surface area contributed by atoms with Crippen LogP contribution in [0.15, 0.2) is 6.33 Å². The van der Waals surface area contributed by atoms with E-state index in [1.807, 2.05) is 0 Å². The third-order valence-corrected chi connectivity index (χ3v) is 2.26. The monoisotopic (exact) mass is 253 g/mol. The summed E-state index contributed by atoms with van der Waals surface area (Å²) in [4.78, 5) is 18.6. The van der Waals surface area contributed by atoms with E-state index in [1.165, 1.54) is 6.33 Å². The average molecular weight is 253 g/mol. The maximum atomic E-state index is 10.5. The van der Waals surface area contributed by atoms with Crippen LogP contribution in [-0.4, -0.2) is 35.6 Å². The number of aromatic nitrogens is 2. The van der Waals surface area contributed by atoms with E-state index in [2.05, 4.69) is 22.2 Å². The second-order valence-corrected chi connectivity index (χ2v) is 3.78. The average Bonchev–Trinajstić information content (AvgIpc) is 2.32. The van der Waals surface area contributed by atoms with Gasteiger partial charge in [0.25, 0.3) is 0 Å². The number of nitrogens with one attached hydrogen (secondary N) is 1. The Morgan fingerprint density at radius 3 is 2.94 bits per heavy atom. The molecule has 18 heavy (non-hydrogen) atoms. The molecule has 0 aliphatic carbocycles. The standard InChI is InChI=1S/C11H19N5O2/c1-2-3-8-10(13)15-7-16-11(8)14-4-5-18-6-9(12)17/h7H,2-6H2,1H3,(H2,12,17)(H3,13,14,15,16). The summed E-state index contributed by atoms with van der Waals surface area (Å²) in [6.07, 6.45) is 3.20. The molecule has 0 aliphatic rings. The van der Waals surface area contributed by atoms with E-state index >= 15 is 0 Å². The minimum absolute atomic E-state index is 0.0740. The summed E-state index contributed by atoms with van der Waals surface area (Å²) < 4.78 is 5.04. The zero-order valence-corrected chi connectivity index (χ0v) is 10.5. The number of nitrogen functional groups attached to an aromatic ring is 1. The summed E-state index contributed by atoms with van der Waals surface area (Å²) in [6, 6.07) is 0. The lowest BCUT2D eigenvalue weighted by Crippen LogP contribution is -2.21. The molecule has 0 aliphatic heterocycles. The number of amides is 1. The highest BCUT2D eigenvalue weighted by atomic mass is 16.5. The Morgan fingerprint density at radius 1 is 1.50 bits per heavy atom. The van der Waals surface area contributed by atoms with Gasteiger partial charge in [0.15, 0.2) is 0 Å². The van der Waals surface area contributed by atoms with Crippen LogP contribution in [-0.2, 0) is 16.0 Å². The summed E-state index contributed by atoms with van der Waals surface area (Å²) in [5.74, 6) is 0.729. The Bertz CT molecular complexity index is 397. The first kappa shape index (κ1) is 14.2. The molecule has 0 saturated heterocycles. The molecule has 0 atom stereocenters. The molecular weight excluding hydrogens is 234 g/mol. The molecule has 0 spiro atoms. The van der Waals surface area contributed by atoms with Crippen LogP contribution in [0, 0.1) is 0 Å². The first-order chi connectivity index (χ1) is 8.65. The second kappa shape index (κ2) is 7.44. The van der Waals surface area contributed by atoms with Crippen LogP contribution >= 0.6 is 0 Å². The topological polar surface area (TPSA) is 116 Å². The minimum Gasteiger partial charge on any atom is -0.383 e. The van der Waals surface area contributed by atoms with E-state index in [0.717, 1.165) is 18.4 Å². The maximum absolute atomic E-state index is 10.5. The first-order valence-corrected chi connectivity index (χ1v) is 5.84. The van der Waals surface area contributed by atoms with Crippen LogP contribution in [0.25, 0.3) is 0 Å². The number of nitrogens with zero attached hydrogens (tertiary/aromatic N) is 2. The van der Waals surface area contributed by atoms with Crippen molar-refractivity contribution in [3.05, 3.63) is 11.9 Å². The molecule has 1 aromatic heterocycles. The Balaban J connectivity index is 2.46. The van der Waals surface area contributed by atoms with E-state index in [4.69, 9.17) is 16.2 Å². The molecule has 100 valence electrons. The normalized spacial score (nSPS) is 10.3. The number of nitrogens with two attached hydrogens (primary N) is 2. The van der Waals surface area contributed by atoms with Crippen molar-refractivity contribution in [3.63, 3.8) is 0 Å². The van der Waals surface area contributed by atoms with Crippen molar-refractivity contribution in [1.82, 2.24) is 9.97 Å². The van der Waals surface area contributed by atoms with Crippen molar-refractivity contribution in [2.45, 2.75) is 19.8 Å². The lowest BCUT2D eigenvalue weighted by atomic mass is 10.1. The first-order valence-electron chi connectivity index (χ1n) is 5.84. The summed E-state index contributed by atoms with van der Waals surface area (Å²) in [7, 11) is 0. The quantitative estimate of drug-likeness (QED) is 0.558. The molecule has 0 unspecified atom stereocenters. The van der Waals surface area contributed by atoms with Crippen LogP contribution in [0.2, 0.25) is 0 Å². The molecule has 0 bridgehead atoms. The number of rotatable bonds is 8. The zero-order valence-electron chi connectivity index (χ0n) is 10.5. The zero-order chi connectivity index (χ0) is 13.4. The molecule has 1 aromatic rings.